The summed E-state index contributed by atoms with van der Waals surface area (Å²) in [5, 5.41) is 8.54. The zero-order valence-corrected chi connectivity index (χ0v) is 18.2. The normalized spacial score (nSPS) is 14.1. The molecule has 1 unspecified atom stereocenters. The molecule has 4 aromatic rings. The first kappa shape index (κ1) is 20.8. The Kier molecular flexibility index (Phi) is 5.55. The lowest BCUT2D eigenvalue weighted by Gasteiger charge is -2.14. The maximum absolute atomic E-state index is 5.98. The standard InChI is InChI=1S/C25H23N7O/c1-3-16-6-4-7-18(12-16)21-13-22(29-25(26)28-21)23-15-32(31-30-23)14-19-8-5-9-20(27-19)24(33-2)17-10-11-17/h1,4-9,12-13,15,17,24H,10-11,14H2,2H3,(H2,26,28,29). The number of nitrogens with zero attached hydrogens (tertiary/aromatic N) is 6. The Morgan fingerprint density at radius 2 is 1.91 bits per heavy atom. The molecule has 0 amide bonds. The number of aromatic nitrogens is 6. The fraction of sp³-hybridized carbons (Fsp3) is 0.240. The molecule has 3 aromatic heterocycles. The second-order valence-corrected chi connectivity index (χ2v) is 8.07. The molecule has 5 rings (SSSR count). The van der Waals surface area contributed by atoms with Gasteiger partial charge in [0.2, 0.25) is 5.95 Å². The van der Waals surface area contributed by atoms with Gasteiger partial charge in [-0.1, -0.05) is 29.3 Å². The number of ether oxygens (including phenoxy) is 1. The van der Waals surface area contributed by atoms with Gasteiger partial charge in [0.1, 0.15) is 11.8 Å². The highest BCUT2D eigenvalue weighted by molar-refractivity contribution is 5.68. The first-order valence-corrected chi connectivity index (χ1v) is 10.7. The zero-order valence-electron chi connectivity index (χ0n) is 18.2. The Bertz CT molecular complexity index is 1340. The molecule has 1 aromatic carbocycles. The van der Waals surface area contributed by atoms with Crippen molar-refractivity contribution in [2.24, 2.45) is 5.92 Å². The van der Waals surface area contributed by atoms with E-state index in [4.69, 9.17) is 21.9 Å². The van der Waals surface area contributed by atoms with Gasteiger partial charge < -0.3 is 10.5 Å². The van der Waals surface area contributed by atoms with Gasteiger partial charge in [-0.25, -0.2) is 14.6 Å². The van der Waals surface area contributed by atoms with Crippen molar-refractivity contribution in [2.75, 3.05) is 12.8 Å². The highest BCUT2D eigenvalue weighted by Gasteiger charge is 2.33. The number of methoxy groups -OCH3 is 1. The topological polar surface area (TPSA) is 105 Å². The van der Waals surface area contributed by atoms with Gasteiger partial charge in [0.05, 0.1) is 35.5 Å². The van der Waals surface area contributed by atoms with E-state index >= 15 is 0 Å². The lowest BCUT2D eigenvalue weighted by Crippen LogP contribution is -2.09. The molecule has 1 atom stereocenters. The summed E-state index contributed by atoms with van der Waals surface area (Å²) in [6, 6.07) is 15.4. The molecule has 0 radical (unpaired) electrons. The second kappa shape index (κ2) is 8.81. The highest BCUT2D eigenvalue weighted by atomic mass is 16.5. The van der Waals surface area contributed by atoms with Crippen LogP contribution in [0.1, 0.15) is 35.9 Å². The molecule has 1 aliphatic carbocycles. The van der Waals surface area contributed by atoms with E-state index in [-0.39, 0.29) is 12.1 Å². The van der Waals surface area contributed by atoms with Crippen molar-refractivity contribution in [3.05, 3.63) is 71.7 Å². The minimum Gasteiger partial charge on any atom is -0.375 e. The first-order valence-electron chi connectivity index (χ1n) is 10.7. The van der Waals surface area contributed by atoms with E-state index in [0.717, 1.165) is 22.5 Å². The van der Waals surface area contributed by atoms with Gasteiger partial charge in [-0.15, -0.1) is 11.5 Å². The van der Waals surface area contributed by atoms with Crippen molar-refractivity contribution in [1.29, 1.82) is 0 Å². The van der Waals surface area contributed by atoms with E-state index in [2.05, 4.69) is 26.2 Å². The molecule has 0 saturated heterocycles. The van der Waals surface area contributed by atoms with Crippen LogP contribution in [0.4, 0.5) is 5.95 Å². The highest BCUT2D eigenvalue weighted by Crippen LogP contribution is 2.42. The van der Waals surface area contributed by atoms with Crippen LogP contribution in [0.5, 0.6) is 0 Å². The Labute approximate surface area is 191 Å². The SMILES string of the molecule is C#Cc1cccc(-c2cc(-c3cn(Cc4cccc(C(OC)C5CC5)n4)nn3)nc(N)n2)c1. The summed E-state index contributed by atoms with van der Waals surface area (Å²) in [5.74, 6) is 3.35. The van der Waals surface area contributed by atoms with Gasteiger partial charge in [0.15, 0.2) is 0 Å². The number of rotatable bonds is 7. The van der Waals surface area contributed by atoms with Crippen LogP contribution in [0.25, 0.3) is 22.6 Å². The predicted octanol–water partition coefficient (Wildman–Crippen LogP) is 3.51. The number of hydrogen-bond acceptors (Lipinski definition) is 7. The quantitative estimate of drug-likeness (QED) is 0.441. The lowest BCUT2D eigenvalue weighted by atomic mass is 10.1. The fourth-order valence-corrected chi connectivity index (χ4v) is 3.87. The molecule has 8 nitrogen and oxygen atoms in total. The molecule has 0 spiro atoms. The van der Waals surface area contributed by atoms with Crippen molar-refractivity contribution < 1.29 is 4.74 Å². The van der Waals surface area contributed by atoms with Gasteiger partial charge in [0, 0.05) is 18.2 Å². The Morgan fingerprint density at radius 3 is 2.70 bits per heavy atom. The van der Waals surface area contributed by atoms with Crippen LogP contribution < -0.4 is 5.73 Å². The number of terminal acetylenes is 1. The summed E-state index contributed by atoms with van der Waals surface area (Å²) >= 11 is 0. The zero-order chi connectivity index (χ0) is 22.8. The van der Waals surface area contributed by atoms with E-state index < -0.39 is 0 Å². The minimum absolute atomic E-state index is 0.0478. The van der Waals surface area contributed by atoms with Crippen LogP contribution in [-0.4, -0.2) is 37.1 Å². The smallest absolute Gasteiger partial charge is 0.221 e. The average molecular weight is 438 g/mol. The average Bonchev–Trinajstić information content (AvgIpc) is 3.56. The van der Waals surface area contributed by atoms with Crippen LogP contribution >= 0.6 is 0 Å². The van der Waals surface area contributed by atoms with Gasteiger partial charge in [-0.3, -0.25) is 4.98 Å². The van der Waals surface area contributed by atoms with Crippen LogP contribution in [0.2, 0.25) is 0 Å². The molecule has 164 valence electrons. The van der Waals surface area contributed by atoms with Crippen LogP contribution in [-0.2, 0) is 11.3 Å². The fourth-order valence-electron chi connectivity index (χ4n) is 3.87. The van der Waals surface area contributed by atoms with Crippen molar-refractivity contribution in [1.82, 2.24) is 29.9 Å². The maximum atomic E-state index is 5.98. The van der Waals surface area contributed by atoms with Crippen molar-refractivity contribution in [3.63, 3.8) is 0 Å². The van der Waals surface area contributed by atoms with Crippen molar-refractivity contribution in [3.8, 4) is 35.0 Å². The third kappa shape index (κ3) is 4.59. The van der Waals surface area contributed by atoms with Crippen LogP contribution in [0.3, 0.4) is 0 Å². The van der Waals surface area contributed by atoms with Crippen LogP contribution in [0, 0.1) is 18.3 Å². The van der Waals surface area contributed by atoms with Gasteiger partial charge in [-0.05, 0) is 49.1 Å². The van der Waals surface area contributed by atoms with E-state index in [1.54, 1.807) is 11.8 Å². The van der Waals surface area contributed by atoms with Crippen molar-refractivity contribution in [2.45, 2.75) is 25.5 Å². The number of nitrogen functional groups attached to an aromatic ring is 1. The number of hydrogen-bond donors (Lipinski definition) is 1. The van der Waals surface area contributed by atoms with E-state index in [9.17, 15) is 0 Å². The molecule has 2 N–H and O–H groups in total. The first-order chi connectivity index (χ1) is 16.1. The number of pyridine rings is 1. The summed E-state index contributed by atoms with van der Waals surface area (Å²) in [6.07, 6.45) is 9.78. The number of benzene rings is 1. The predicted molar refractivity (Wildman–Crippen MR) is 125 cm³/mol. The molecule has 1 saturated carbocycles. The Morgan fingerprint density at radius 1 is 1.09 bits per heavy atom. The largest absolute Gasteiger partial charge is 0.375 e. The maximum Gasteiger partial charge on any atom is 0.221 e. The molecular formula is C25H23N7O. The summed E-state index contributed by atoms with van der Waals surface area (Å²) in [5.41, 5.74) is 11.3. The van der Waals surface area contributed by atoms with Crippen molar-refractivity contribution >= 4 is 5.95 Å². The summed E-state index contributed by atoms with van der Waals surface area (Å²) in [6.45, 7) is 0.486. The molecule has 0 aliphatic heterocycles. The van der Waals surface area contributed by atoms with Gasteiger partial charge in [-0.2, -0.15) is 0 Å². The number of anilines is 1. The summed E-state index contributed by atoms with van der Waals surface area (Å²) in [4.78, 5) is 13.5. The molecule has 0 bridgehead atoms. The third-order valence-corrected chi connectivity index (χ3v) is 5.62. The van der Waals surface area contributed by atoms with Crippen LogP contribution in [0.15, 0.2) is 54.7 Å². The summed E-state index contributed by atoms with van der Waals surface area (Å²) in [7, 11) is 1.74. The van der Waals surface area contributed by atoms with Gasteiger partial charge in [0.25, 0.3) is 0 Å². The molecule has 1 fully saturated rings. The lowest BCUT2D eigenvalue weighted by molar-refractivity contribution is 0.0809. The van der Waals surface area contributed by atoms with E-state index in [0.29, 0.717) is 29.5 Å². The molecular weight excluding hydrogens is 414 g/mol. The van der Waals surface area contributed by atoms with Gasteiger partial charge >= 0.3 is 0 Å². The molecule has 3 heterocycles. The third-order valence-electron chi connectivity index (χ3n) is 5.62. The Hall–Kier alpha value is -4.09. The van der Waals surface area contributed by atoms with E-state index in [1.807, 2.05) is 54.7 Å². The monoisotopic (exact) mass is 437 g/mol. The summed E-state index contributed by atoms with van der Waals surface area (Å²) < 4.78 is 7.40. The number of nitrogens with two attached hydrogens (primary N) is 1. The molecule has 8 heteroatoms. The Balaban J connectivity index is 1.39. The minimum atomic E-state index is 0.0478. The molecule has 1 aliphatic rings. The van der Waals surface area contributed by atoms with E-state index in [1.165, 1.54) is 12.8 Å². The molecule has 33 heavy (non-hydrogen) atoms. The second-order valence-electron chi connectivity index (χ2n) is 8.07.